The van der Waals surface area contributed by atoms with Gasteiger partial charge in [-0.05, 0) is 92.0 Å². The Morgan fingerprint density at radius 1 is 1.26 bits per heavy atom. The highest BCUT2D eigenvalue weighted by Crippen LogP contribution is 2.61. The lowest BCUT2D eigenvalue weighted by Crippen LogP contribution is -2.47. The molecule has 6 rings (SSSR count). The molecule has 8 nitrogen and oxygen atoms in total. The van der Waals surface area contributed by atoms with Crippen molar-refractivity contribution >= 4 is 23.4 Å². The van der Waals surface area contributed by atoms with Gasteiger partial charge in [-0.25, -0.2) is 0 Å². The number of carbonyl (C=O) groups is 1. The maximum absolute atomic E-state index is 12.7. The molecule has 0 radical (unpaired) electrons. The summed E-state index contributed by atoms with van der Waals surface area (Å²) in [6.45, 7) is 0.633. The molecule has 9 heteroatoms. The lowest BCUT2D eigenvalue weighted by Gasteiger charge is -2.57. The number of nitrogens with one attached hydrogen (secondary N) is 1. The van der Waals surface area contributed by atoms with Crippen LogP contribution in [0, 0.1) is 33.3 Å². The van der Waals surface area contributed by atoms with Gasteiger partial charge in [-0.3, -0.25) is 14.9 Å². The standard InChI is InChI=1S/C22H27N5O3S/c1-26-13-24-25-21(26)31-19-3-2-17(9-18(19)27(29)30)20(28)23-5-4-22-10-14-6-15(11-22)8-16(7-14)12-22/h2-3,9,13-16H,4-8,10-12H2,1H3,(H,23,28). The van der Waals surface area contributed by atoms with Crippen molar-refractivity contribution in [2.24, 2.45) is 30.2 Å². The molecular weight excluding hydrogens is 414 g/mol. The Balaban J connectivity index is 1.24. The number of hydrogen-bond donors (Lipinski definition) is 1. The largest absolute Gasteiger partial charge is 0.352 e. The predicted molar refractivity (Wildman–Crippen MR) is 116 cm³/mol. The minimum absolute atomic E-state index is 0.0956. The van der Waals surface area contributed by atoms with E-state index in [2.05, 4.69) is 15.5 Å². The zero-order valence-electron chi connectivity index (χ0n) is 17.6. The van der Waals surface area contributed by atoms with Gasteiger partial charge >= 0.3 is 0 Å². The summed E-state index contributed by atoms with van der Waals surface area (Å²) >= 11 is 1.16. The number of aryl methyl sites for hydroxylation is 1. The number of hydrogen-bond acceptors (Lipinski definition) is 6. The molecule has 4 aliphatic carbocycles. The normalized spacial score (nSPS) is 28.6. The number of carbonyl (C=O) groups excluding carboxylic acids is 1. The van der Waals surface area contributed by atoms with Gasteiger partial charge in [0.15, 0.2) is 5.16 Å². The fraction of sp³-hybridized carbons (Fsp3) is 0.591. The number of amides is 1. The molecule has 1 aromatic heterocycles. The Morgan fingerprint density at radius 2 is 1.94 bits per heavy atom. The van der Waals surface area contributed by atoms with Crippen LogP contribution in [0.5, 0.6) is 0 Å². The molecule has 0 unspecified atom stereocenters. The van der Waals surface area contributed by atoms with Crippen LogP contribution in [0.1, 0.15) is 55.3 Å². The Morgan fingerprint density at radius 3 is 2.52 bits per heavy atom. The molecule has 1 N–H and O–H groups in total. The highest BCUT2D eigenvalue weighted by Gasteiger charge is 2.50. The summed E-state index contributed by atoms with van der Waals surface area (Å²) in [6, 6.07) is 4.62. The van der Waals surface area contributed by atoms with E-state index in [4.69, 9.17) is 0 Å². The van der Waals surface area contributed by atoms with E-state index in [9.17, 15) is 14.9 Å². The van der Waals surface area contributed by atoms with Crippen molar-refractivity contribution < 1.29 is 9.72 Å². The number of nitro benzene ring substituents is 1. The van der Waals surface area contributed by atoms with Crippen LogP contribution in [0.3, 0.4) is 0 Å². The van der Waals surface area contributed by atoms with Crippen LogP contribution >= 0.6 is 11.8 Å². The first kappa shape index (κ1) is 20.5. The van der Waals surface area contributed by atoms with E-state index in [1.54, 1.807) is 30.1 Å². The molecule has 0 saturated heterocycles. The average molecular weight is 442 g/mol. The monoisotopic (exact) mass is 441 g/mol. The number of nitrogens with zero attached hydrogens (tertiary/aromatic N) is 4. The van der Waals surface area contributed by atoms with E-state index in [1.165, 1.54) is 44.6 Å². The Kier molecular flexibility index (Phi) is 5.24. The summed E-state index contributed by atoms with van der Waals surface area (Å²) in [4.78, 5) is 24.3. The zero-order valence-corrected chi connectivity index (χ0v) is 18.4. The molecule has 4 fully saturated rings. The van der Waals surface area contributed by atoms with Gasteiger partial charge in [-0.2, -0.15) is 0 Å². The van der Waals surface area contributed by atoms with Gasteiger partial charge in [0.1, 0.15) is 6.33 Å². The lowest BCUT2D eigenvalue weighted by molar-refractivity contribution is -0.387. The Labute approximate surface area is 185 Å². The summed E-state index contributed by atoms with van der Waals surface area (Å²) in [6.07, 6.45) is 10.7. The smallest absolute Gasteiger partial charge is 0.284 e. The second-order valence-corrected chi connectivity index (χ2v) is 10.7. The van der Waals surface area contributed by atoms with Gasteiger partial charge in [-0.1, -0.05) is 0 Å². The van der Waals surface area contributed by atoms with Crippen molar-refractivity contribution in [1.82, 2.24) is 20.1 Å². The highest BCUT2D eigenvalue weighted by molar-refractivity contribution is 7.99. The first-order chi connectivity index (χ1) is 14.9. The van der Waals surface area contributed by atoms with Crippen LogP contribution in [-0.4, -0.2) is 32.1 Å². The Hall–Kier alpha value is -2.42. The number of nitro groups is 1. The van der Waals surface area contributed by atoms with Crippen molar-refractivity contribution in [2.45, 2.75) is 55.0 Å². The van der Waals surface area contributed by atoms with Gasteiger partial charge < -0.3 is 9.88 Å². The first-order valence-electron chi connectivity index (χ1n) is 11.0. The lowest BCUT2D eigenvalue weighted by atomic mass is 9.49. The molecule has 4 bridgehead atoms. The summed E-state index contributed by atoms with van der Waals surface area (Å²) < 4.78 is 1.69. The fourth-order valence-electron chi connectivity index (χ4n) is 6.49. The van der Waals surface area contributed by atoms with E-state index in [1.807, 2.05) is 0 Å². The molecule has 1 heterocycles. The summed E-state index contributed by atoms with van der Waals surface area (Å²) in [5.41, 5.74) is 0.631. The minimum atomic E-state index is -0.453. The summed E-state index contributed by atoms with van der Waals surface area (Å²) in [7, 11) is 1.78. The average Bonchev–Trinajstić information content (AvgIpc) is 3.11. The molecule has 31 heavy (non-hydrogen) atoms. The molecule has 164 valence electrons. The van der Waals surface area contributed by atoms with Crippen LogP contribution < -0.4 is 5.32 Å². The fourth-order valence-corrected chi connectivity index (χ4v) is 7.34. The van der Waals surface area contributed by atoms with Crippen LogP contribution in [0.4, 0.5) is 5.69 Å². The molecule has 0 spiro atoms. The van der Waals surface area contributed by atoms with Crippen LogP contribution in [-0.2, 0) is 7.05 Å². The number of aromatic nitrogens is 3. The zero-order chi connectivity index (χ0) is 21.6. The quantitative estimate of drug-likeness (QED) is 0.510. The predicted octanol–water partition coefficient (Wildman–Crippen LogP) is 4.21. The summed E-state index contributed by atoms with van der Waals surface area (Å²) in [5.74, 6) is 2.43. The second-order valence-electron chi connectivity index (χ2n) is 9.69. The molecule has 2 aromatic rings. The van der Waals surface area contributed by atoms with Crippen molar-refractivity contribution in [2.75, 3.05) is 6.54 Å². The molecule has 4 aliphatic rings. The van der Waals surface area contributed by atoms with Crippen molar-refractivity contribution in [3.63, 3.8) is 0 Å². The molecule has 0 atom stereocenters. The van der Waals surface area contributed by atoms with Gasteiger partial charge in [-0.15, -0.1) is 10.2 Å². The van der Waals surface area contributed by atoms with Crippen molar-refractivity contribution in [1.29, 1.82) is 0 Å². The molecular formula is C22H27N5O3S. The topological polar surface area (TPSA) is 103 Å². The molecule has 4 saturated carbocycles. The minimum Gasteiger partial charge on any atom is -0.352 e. The maximum Gasteiger partial charge on any atom is 0.284 e. The van der Waals surface area contributed by atoms with E-state index in [-0.39, 0.29) is 11.6 Å². The Bertz CT molecular complexity index is 985. The van der Waals surface area contributed by atoms with Crippen LogP contribution in [0.2, 0.25) is 0 Å². The van der Waals surface area contributed by atoms with Gasteiger partial charge in [0.2, 0.25) is 0 Å². The van der Waals surface area contributed by atoms with Gasteiger partial charge in [0.25, 0.3) is 11.6 Å². The molecule has 1 aromatic carbocycles. The SMILES string of the molecule is Cn1cnnc1Sc1ccc(C(=O)NCCC23CC4CC(CC(C4)C2)C3)cc1[N+](=O)[O-]. The first-order valence-corrected chi connectivity index (χ1v) is 11.8. The van der Waals surface area contributed by atoms with E-state index in [0.29, 0.717) is 27.6 Å². The van der Waals surface area contributed by atoms with Gasteiger partial charge in [0, 0.05) is 25.2 Å². The van der Waals surface area contributed by atoms with Crippen molar-refractivity contribution in [3.8, 4) is 0 Å². The maximum atomic E-state index is 12.7. The van der Waals surface area contributed by atoms with E-state index >= 15 is 0 Å². The number of benzene rings is 1. The number of rotatable bonds is 7. The van der Waals surface area contributed by atoms with Crippen molar-refractivity contribution in [3.05, 3.63) is 40.2 Å². The third kappa shape index (κ3) is 4.07. The highest BCUT2D eigenvalue weighted by atomic mass is 32.2. The molecule has 0 aliphatic heterocycles. The third-order valence-electron chi connectivity index (χ3n) is 7.39. The third-order valence-corrected chi connectivity index (χ3v) is 8.51. The van der Waals surface area contributed by atoms with Gasteiger partial charge in [0.05, 0.1) is 9.82 Å². The second kappa shape index (κ2) is 7.93. The summed E-state index contributed by atoms with van der Waals surface area (Å²) in [5, 5.41) is 22.9. The van der Waals surface area contributed by atoms with Crippen LogP contribution in [0.25, 0.3) is 0 Å². The van der Waals surface area contributed by atoms with E-state index < -0.39 is 4.92 Å². The van der Waals surface area contributed by atoms with Crippen LogP contribution in [0.15, 0.2) is 34.6 Å². The molecule has 1 amide bonds. The van der Waals surface area contributed by atoms with E-state index in [0.717, 1.165) is 35.9 Å².